The molecule has 0 aromatic heterocycles. The summed E-state index contributed by atoms with van der Waals surface area (Å²) in [6.45, 7) is 14.2. The Hall–Kier alpha value is -2.36. The number of unbranched alkanes of at least 4 members (excludes halogenated alkanes) is 1. The lowest BCUT2D eigenvalue weighted by Gasteiger charge is -2.34. The largest absolute Gasteiger partial charge is 0.377 e. The Labute approximate surface area is 248 Å². The monoisotopic (exact) mass is 550 g/mol. The van der Waals surface area contributed by atoms with Crippen molar-refractivity contribution in [2.75, 3.05) is 76.0 Å². The van der Waals surface area contributed by atoms with Crippen molar-refractivity contribution >= 4 is 22.7 Å². The first-order valence-corrected chi connectivity index (χ1v) is 15.7. The molecule has 2 aromatic carbocycles. The van der Waals surface area contributed by atoms with Crippen molar-refractivity contribution in [3.63, 3.8) is 0 Å². The van der Waals surface area contributed by atoms with Crippen molar-refractivity contribution in [2.45, 2.75) is 104 Å². The third kappa shape index (κ3) is 7.28. The van der Waals surface area contributed by atoms with E-state index in [2.05, 4.69) is 142 Å². The molecule has 0 aliphatic carbocycles. The molecule has 0 aliphatic heterocycles. The lowest BCUT2D eigenvalue weighted by Crippen LogP contribution is -2.25. The van der Waals surface area contributed by atoms with Gasteiger partial charge in [0.25, 0.3) is 0 Å². The van der Waals surface area contributed by atoms with Crippen LogP contribution in [0.15, 0.2) is 24.3 Å². The number of rotatable bonds is 15. The van der Waals surface area contributed by atoms with Gasteiger partial charge in [0.2, 0.25) is 0 Å². The van der Waals surface area contributed by atoms with Crippen LogP contribution in [0.4, 0.5) is 22.7 Å². The van der Waals surface area contributed by atoms with E-state index in [1.165, 1.54) is 57.8 Å². The van der Waals surface area contributed by atoms with Crippen molar-refractivity contribution in [3.05, 3.63) is 46.5 Å². The summed E-state index contributed by atoms with van der Waals surface area (Å²) in [6.07, 6.45) is 9.15. The Morgan fingerprint density at radius 1 is 0.450 bits per heavy atom. The standard InChI is InChI=1S/C36H62N4/c1-15-35(5,16-2)29-25-31(37(7)8)27(23-33(29)39(11)12)21-19-20-22-28-24-34(40(13)14)30(26-32(28)38(9)10)36(6,17-3)18-4/h23-26H,15-22H2,1-14H3. The molecule has 2 aromatic rings. The third-order valence-corrected chi connectivity index (χ3v) is 9.89. The SMILES string of the molecule is CCC(C)(CC)c1cc(N(C)C)c(CCCCc2cc(N(C)C)c(C(C)(CC)CC)cc2N(C)C)cc1N(C)C. The average Bonchev–Trinajstić information content (AvgIpc) is 2.93. The molecule has 0 bridgehead atoms. The maximum Gasteiger partial charge on any atom is 0.0403 e. The highest BCUT2D eigenvalue weighted by molar-refractivity contribution is 5.69. The molecule has 0 saturated carbocycles. The molecule has 4 heteroatoms. The first-order chi connectivity index (χ1) is 18.7. The smallest absolute Gasteiger partial charge is 0.0403 e. The van der Waals surface area contributed by atoms with Crippen LogP contribution in [0.1, 0.15) is 102 Å². The van der Waals surface area contributed by atoms with E-state index in [1.54, 1.807) is 0 Å². The molecule has 0 aliphatic rings. The molecule has 0 spiro atoms. The summed E-state index contributed by atoms with van der Waals surface area (Å²) in [5.74, 6) is 0. The molecule has 226 valence electrons. The van der Waals surface area contributed by atoms with Gasteiger partial charge in [0.1, 0.15) is 0 Å². The van der Waals surface area contributed by atoms with Gasteiger partial charge in [-0.25, -0.2) is 0 Å². The van der Waals surface area contributed by atoms with Crippen LogP contribution < -0.4 is 19.6 Å². The van der Waals surface area contributed by atoms with E-state index in [4.69, 9.17) is 0 Å². The van der Waals surface area contributed by atoms with Gasteiger partial charge in [-0.2, -0.15) is 0 Å². The molecule has 0 unspecified atom stereocenters. The summed E-state index contributed by atoms with van der Waals surface area (Å²) in [6, 6.07) is 9.94. The van der Waals surface area contributed by atoms with E-state index in [1.807, 2.05) is 0 Å². The lowest BCUT2D eigenvalue weighted by molar-refractivity contribution is 0.439. The molecule has 2 rings (SSSR count). The fourth-order valence-electron chi connectivity index (χ4n) is 6.07. The highest BCUT2D eigenvalue weighted by Crippen LogP contribution is 2.42. The molecule has 0 fully saturated rings. The van der Waals surface area contributed by atoms with Crippen molar-refractivity contribution < 1.29 is 0 Å². The van der Waals surface area contributed by atoms with Crippen LogP contribution in [0, 0.1) is 0 Å². The second-order valence-corrected chi connectivity index (χ2v) is 13.3. The van der Waals surface area contributed by atoms with E-state index >= 15 is 0 Å². The van der Waals surface area contributed by atoms with Gasteiger partial charge < -0.3 is 19.6 Å². The highest BCUT2D eigenvalue weighted by Gasteiger charge is 2.29. The van der Waals surface area contributed by atoms with Gasteiger partial charge >= 0.3 is 0 Å². The van der Waals surface area contributed by atoms with E-state index in [0.717, 1.165) is 38.5 Å². The molecule has 0 atom stereocenters. The van der Waals surface area contributed by atoms with Crippen LogP contribution in [0.3, 0.4) is 0 Å². The molecule has 0 N–H and O–H groups in total. The molecular formula is C36H62N4. The van der Waals surface area contributed by atoms with Crippen molar-refractivity contribution in [2.24, 2.45) is 0 Å². The van der Waals surface area contributed by atoms with E-state index in [0.29, 0.717) is 0 Å². The van der Waals surface area contributed by atoms with Crippen LogP contribution in [-0.2, 0) is 23.7 Å². The fourth-order valence-corrected chi connectivity index (χ4v) is 6.07. The highest BCUT2D eigenvalue weighted by atomic mass is 15.1. The number of benzene rings is 2. The number of hydrogen-bond acceptors (Lipinski definition) is 4. The zero-order chi connectivity index (χ0) is 30.4. The summed E-state index contributed by atoms with van der Waals surface area (Å²) < 4.78 is 0. The van der Waals surface area contributed by atoms with Gasteiger partial charge in [-0.05, 0) is 109 Å². The van der Waals surface area contributed by atoms with Gasteiger partial charge in [0.05, 0.1) is 0 Å². The van der Waals surface area contributed by atoms with Crippen molar-refractivity contribution in [3.8, 4) is 0 Å². The molecule has 0 saturated heterocycles. The Morgan fingerprint density at radius 3 is 0.950 bits per heavy atom. The molecule has 0 radical (unpaired) electrons. The minimum absolute atomic E-state index is 0.188. The predicted molar refractivity (Wildman–Crippen MR) is 183 cm³/mol. The Kier molecular flexibility index (Phi) is 11.9. The molecule has 0 amide bonds. The minimum atomic E-state index is 0.188. The molecule has 4 nitrogen and oxygen atoms in total. The summed E-state index contributed by atoms with van der Waals surface area (Å²) in [5.41, 5.74) is 11.8. The van der Waals surface area contributed by atoms with E-state index in [-0.39, 0.29) is 10.8 Å². The first-order valence-electron chi connectivity index (χ1n) is 15.7. The number of aryl methyl sites for hydroxylation is 2. The summed E-state index contributed by atoms with van der Waals surface area (Å²) in [4.78, 5) is 9.26. The number of hydrogen-bond donors (Lipinski definition) is 0. The van der Waals surface area contributed by atoms with Gasteiger partial charge in [0, 0.05) is 79.1 Å². The fraction of sp³-hybridized carbons (Fsp3) is 0.667. The second-order valence-electron chi connectivity index (χ2n) is 13.3. The quantitative estimate of drug-likeness (QED) is 0.206. The predicted octanol–water partition coefficient (Wildman–Crippen LogP) is 8.67. The average molecular weight is 551 g/mol. The van der Waals surface area contributed by atoms with Gasteiger partial charge in [-0.3, -0.25) is 0 Å². The Bertz CT molecular complexity index is 1000. The number of nitrogens with zero attached hydrogens (tertiary/aromatic N) is 4. The molecular weight excluding hydrogens is 488 g/mol. The third-order valence-electron chi connectivity index (χ3n) is 9.89. The van der Waals surface area contributed by atoms with E-state index < -0.39 is 0 Å². The Morgan fingerprint density at radius 2 is 0.725 bits per heavy atom. The summed E-state index contributed by atoms with van der Waals surface area (Å²) in [5, 5.41) is 0. The van der Waals surface area contributed by atoms with Crippen LogP contribution in [-0.4, -0.2) is 56.4 Å². The van der Waals surface area contributed by atoms with Crippen molar-refractivity contribution in [1.82, 2.24) is 0 Å². The van der Waals surface area contributed by atoms with Crippen LogP contribution in [0.5, 0.6) is 0 Å². The van der Waals surface area contributed by atoms with Gasteiger partial charge in [-0.15, -0.1) is 0 Å². The maximum atomic E-state index is 2.49. The number of anilines is 4. The van der Waals surface area contributed by atoms with Crippen LogP contribution in [0.25, 0.3) is 0 Å². The van der Waals surface area contributed by atoms with Gasteiger partial charge in [0.15, 0.2) is 0 Å². The Balaban J connectivity index is 2.39. The lowest BCUT2D eigenvalue weighted by atomic mass is 9.76. The second kappa shape index (κ2) is 14.0. The zero-order valence-corrected chi connectivity index (χ0v) is 28.8. The van der Waals surface area contributed by atoms with Crippen LogP contribution >= 0.6 is 0 Å². The summed E-state index contributed by atoms with van der Waals surface area (Å²) >= 11 is 0. The normalized spacial score (nSPS) is 12.1. The topological polar surface area (TPSA) is 13.0 Å². The van der Waals surface area contributed by atoms with Gasteiger partial charge in [-0.1, -0.05) is 41.5 Å². The van der Waals surface area contributed by atoms with Crippen molar-refractivity contribution in [1.29, 1.82) is 0 Å². The first kappa shape index (κ1) is 33.8. The maximum absolute atomic E-state index is 2.49. The van der Waals surface area contributed by atoms with E-state index in [9.17, 15) is 0 Å². The minimum Gasteiger partial charge on any atom is -0.377 e. The summed E-state index contributed by atoms with van der Waals surface area (Å²) in [7, 11) is 17.6. The molecule has 40 heavy (non-hydrogen) atoms. The molecule has 0 heterocycles. The van der Waals surface area contributed by atoms with Crippen LogP contribution in [0.2, 0.25) is 0 Å². The zero-order valence-electron chi connectivity index (χ0n) is 28.8.